The van der Waals surface area contributed by atoms with Crippen LogP contribution in [0.3, 0.4) is 0 Å². The second-order valence-corrected chi connectivity index (χ2v) is 6.63. The molecule has 2 N–H and O–H groups in total. The molecule has 0 saturated carbocycles. The van der Waals surface area contributed by atoms with E-state index >= 15 is 0 Å². The summed E-state index contributed by atoms with van der Waals surface area (Å²) in [5.74, 6) is 0. The average molecular weight is 280 g/mol. The minimum atomic E-state index is 0.121. The number of thiophene rings is 2. The first-order valence-corrected chi connectivity index (χ1v) is 7.91. The zero-order valence-electron chi connectivity index (χ0n) is 11.0. The summed E-state index contributed by atoms with van der Waals surface area (Å²) in [5, 5.41) is 4.25. The fraction of sp³-hybridized carbons (Fsp3) is 0.429. The molecule has 2 aromatic rings. The molecule has 0 amide bonds. The molecule has 18 heavy (non-hydrogen) atoms. The summed E-state index contributed by atoms with van der Waals surface area (Å²) in [6, 6.07) is 9.37. The van der Waals surface area contributed by atoms with Gasteiger partial charge in [0.15, 0.2) is 0 Å². The van der Waals surface area contributed by atoms with E-state index in [9.17, 15) is 0 Å². The Morgan fingerprint density at radius 1 is 1.06 bits per heavy atom. The average Bonchev–Trinajstić information content (AvgIpc) is 3.00. The van der Waals surface area contributed by atoms with Gasteiger partial charge < -0.3 is 5.73 Å². The molecule has 0 aliphatic heterocycles. The maximum absolute atomic E-state index is 6.19. The standard InChI is InChI=1S/C14H20N2S2/c1-10(15)14(13-7-5-9-18-13)16(3)11(2)12-6-4-8-17-12/h4-11,14H,15H2,1-3H3. The molecule has 4 heteroatoms. The van der Waals surface area contributed by atoms with Crippen LogP contribution in [0.1, 0.15) is 35.7 Å². The van der Waals surface area contributed by atoms with Crippen LogP contribution in [0.2, 0.25) is 0 Å². The molecular weight excluding hydrogens is 260 g/mol. The SMILES string of the molecule is CC(N)C(c1cccs1)N(C)C(C)c1cccs1. The van der Waals surface area contributed by atoms with Crippen molar-refractivity contribution in [2.24, 2.45) is 5.73 Å². The minimum Gasteiger partial charge on any atom is -0.326 e. The van der Waals surface area contributed by atoms with Crippen LogP contribution in [0.5, 0.6) is 0 Å². The third-order valence-electron chi connectivity index (χ3n) is 3.34. The lowest BCUT2D eigenvalue weighted by Gasteiger charge is -2.34. The highest BCUT2D eigenvalue weighted by molar-refractivity contribution is 7.10. The predicted molar refractivity (Wildman–Crippen MR) is 81.2 cm³/mol. The Hall–Kier alpha value is -0.680. The van der Waals surface area contributed by atoms with Gasteiger partial charge in [-0.25, -0.2) is 0 Å². The van der Waals surface area contributed by atoms with E-state index in [4.69, 9.17) is 5.73 Å². The van der Waals surface area contributed by atoms with Gasteiger partial charge in [0, 0.05) is 21.8 Å². The molecule has 2 rings (SSSR count). The second-order valence-electron chi connectivity index (χ2n) is 4.68. The lowest BCUT2D eigenvalue weighted by atomic mass is 10.1. The zero-order valence-corrected chi connectivity index (χ0v) is 12.7. The van der Waals surface area contributed by atoms with Crippen molar-refractivity contribution in [3.8, 4) is 0 Å². The highest BCUT2D eigenvalue weighted by Gasteiger charge is 2.26. The Morgan fingerprint density at radius 3 is 2.06 bits per heavy atom. The van der Waals surface area contributed by atoms with Crippen LogP contribution in [0.4, 0.5) is 0 Å². The van der Waals surface area contributed by atoms with E-state index in [1.807, 2.05) is 0 Å². The van der Waals surface area contributed by atoms with Crippen molar-refractivity contribution >= 4 is 22.7 Å². The Bertz CT molecular complexity index is 448. The van der Waals surface area contributed by atoms with Crippen molar-refractivity contribution in [3.05, 3.63) is 44.8 Å². The first-order valence-electron chi connectivity index (χ1n) is 6.15. The number of hydrogen-bond donors (Lipinski definition) is 1. The van der Waals surface area contributed by atoms with Gasteiger partial charge in [-0.2, -0.15) is 0 Å². The van der Waals surface area contributed by atoms with Gasteiger partial charge in [-0.05, 0) is 43.8 Å². The number of nitrogens with zero attached hydrogens (tertiary/aromatic N) is 1. The highest BCUT2D eigenvalue weighted by atomic mass is 32.1. The summed E-state index contributed by atoms with van der Waals surface area (Å²) < 4.78 is 0. The van der Waals surface area contributed by atoms with Crippen LogP contribution >= 0.6 is 22.7 Å². The van der Waals surface area contributed by atoms with Crippen molar-refractivity contribution in [2.45, 2.75) is 32.0 Å². The molecule has 0 spiro atoms. The van der Waals surface area contributed by atoms with Gasteiger partial charge in [-0.15, -0.1) is 22.7 Å². The highest BCUT2D eigenvalue weighted by Crippen LogP contribution is 2.34. The lowest BCUT2D eigenvalue weighted by molar-refractivity contribution is 0.171. The van der Waals surface area contributed by atoms with Gasteiger partial charge in [0.05, 0.1) is 6.04 Å². The van der Waals surface area contributed by atoms with Crippen LogP contribution in [0.15, 0.2) is 35.0 Å². The lowest BCUT2D eigenvalue weighted by Crippen LogP contribution is -2.38. The Balaban J connectivity index is 2.21. The molecule has 2 nitrogen and oxygen atoms in total. The molecule has 3 atom stereocenters. The second kappa shape index (κ2) is 5.97. The van der Waals surface area contributed by atoms with Crippen LogP contribution < -0.4 is 5.73 Å². The van der Waals surface area contributed by atoms with Crippen LogP contribution in [-0.4, -0.2) is 18.0 Å². The maximum Gasteiger partial charge on any atom is 0.0593 e. The summed E-state index contributed by atoms with van der Waals surface area (Å²) in [5.41, 5.74) is 6.19. The molecule has 0 saturated heterocycles. The van der Waals surface area contributed by atoms with Crippen LogP contribution in [-0.2, 0) is 0 Å². The summed E-state index contributed by atoms with van der Waals surface area (Å²) in [4.78, 5) is 5.11. The third kappa shape index (κ3) is 2.83. The fourth-order valence-corrected chi connectivity index (χ4v) is 4.09. The van der Waals surface area contributed by atoms with Crippen molar-refractivity contribution in [3.63, 3.8) is 0 Å². The first kappa shape index (κ1) is 13.7. The molecule has 3 unspecified atom stereocenters. The number of nitrogens with two attached hydrogens (primary N) is 1. The van der Waals surface area contributed by atoms with Crippen molar-refractivity contribution < 1.29 is 0 Å². The monoisotopic (exact) mass is 280 g/mol. The summed E-state index contributed by atoms with van der Waals surface area (Å²) in [6.45, 7) is 4.33. The molecule has 0 aliphatic carbocycles. The molecular formula is C14H20N2S2. The molecule has 0 radical (unpaired) electrons. The minimum absolute atomic E-state index is 0.121. The van der Waals surface area contributed by atoms with Gasteiger partial charge in [0.1, 0.15) is 0 Å². The van der Waals surface area contributed by atoms with E-state index in [0.717, 1.165) is 0 Å². The van der Waals surface area contributed by atoms with E-state index in [1.54, 1.807) is 22.7 Å². The molecule has 0 aliphatic rings. The van der Waals surface area contributed by atoms with Gasteiger partial charge in [0.2, 0.25) is 0 Å². The Morgan fingerprint density at radius 2 is 1.61 bits per heavy atom. The molecule has 0 aromatic carbocycles. The fourth-order valence-electron chi connectivity index (χ4n) is 2.26. The van der Waals surface area contributed by atoms with Gasteiger partial charge in [-0.1, -0.05) is 12.1 Å². The van der Waals surface area contributed by atoms with E-state index < -0.39 is 0 Å². The summed E-state index contributed by atoms with van der Waals surface area (Å²) in [6.07, 6.45) is 0. The smallest absolute Gasteiger partial charge is 0.0593 e. The first-order chi connectivity index (χ1) is 8.61. The van der Waals surface area contributed by atoms with E-state index in [1.165, 1.54) is 9.75 Å². The molecule has 0 bridgehead atoms. The van der Waals surface area contributed by atoms with E-state index in [2.05, 4.69) is 60.8 Å². The quantitative estimate of drug-likeness (QED) is 0.900. The van der Waals surface area contributed by atoms with Crippen molar-refractivity contribution in [2.75, 3.05) is 7.05 Å². The van der Waals surface area contributed by atoms with Gasteiger partial charge in [-0.3, -0.25) is 4.90 Å². The summed E-state index contributed by atoms with van der Waals surface area (Å²) >= 11 is 3.59. The van der Waals surface area contributed by atoms with Gasteiger partial charge in [0.25, 0.3) is 0 Å². The maximum atomic E-state index is 6.19. The van der Waals surface area contributed by atoms with Gasteiger partial charge >= 0.3 is 0 Å². The largest absolute Gasteiger partial charge is 0.326 e. The van der Waals surface area contributed by atoms with E-state index in [0.29, 0.717) is 6.04 Å². The number of likely N-dealkylation sites (N-methyl/N-ethyl adjacent to an activating group) is 1. The summed E-state index contributed by atoms with van der Waals surface area (Å²) in [7, 11) is 2.16. The third-order valence-corrected chi connectivity index (χ3v) is 5.32. The Kier molecular flexibility index (Phi) is 4.56. The van der Waals surface area contributed by atoms with Crippen molar-refractivity contribution in [1.82, 2.24) is 4.90 Å². The molecule has 98 valence electrons. The predicted octanol–water partition coefficient (Wildman–Crippen LogP) is 3.89. The topological polar surface area (TPSA) is 29.3 Å². The normalized spacial score (nSPS) is 16.7. The zero-order chi connectivity index (χ0) is 13.1. The van der Waals surface area contributed by atoms with E-state index in [-0.39, 0.29) is 12.1 Å². The number of rotatable bonds is 5. The van der Waals surface area contributed by atoms with Crippen LogP contribution in [0.25, 0.3) is 0 Å². The van der Waals surface area contributed by atoms with Crippen LogP contribution in [0, 0.1) is 0 Å². The molecule has 2 aromatic heterocycles. The molecule has 0 fully saturated rings. The van der Waals surface area contributed by atoms with Crippen molar-refractivity contribution in [1.29, 1.82) is 0 Å². The number of hydrogen-bond acceptors (Lipinski definition) is 4. The Labute approximate surface area is 117 Å². The molecule has 2 heterocycles.